The summed E-state index contributed by atoms with van der Waals surface area (Å²) in [5.41, 5.74) is -0.678. The van der Waals surface area contributed by atoms with Crippen molar-refractivity contribution in [3.05, 3.63) is 0 Å². The molecule has 0 heterocycles. The highest BCUT2D eigenvalue weighted by atomic mass is 19.3. The molecule has 0 spiro atoms. The summed E-state index contributed by atoms with van der Waals surface area (Å²) in [4.78, 5) is 0. The van der Waals surface area contributed by atoms with Crippen LogP contribution in [0.1, 0.15) is 33.6 Å². The largest absolute Gasteiger partial charge is 0.345 e. The van der Waals surface area contributed by atoms with Gasteiger partial charge in [-0.3, -0.25) is 0 Å². The first kappa shape index (κ1) is 9.82. The van der Waals surface area contributed by atoms with E-state index in [1.165, 1.54) is 0 Å². The Kier molecular flexibility index (Phi) is 3.79. The monoisotopic (exact) mass is 152 g/mol. The van der Waals surface area contributed by atoms with Crippen LogP contribution in [0.25, 0.3) is 0 Å². The van der Waals surface area contributed by atoms with Crippen molar-refractivity contribution in [2.75, 3.05) is 0 Å². The molecule has 0 aliphatic carbocycles. The van der Waals surface area contributed by atoms with E-state index in [-0.39, 0.29) is 0 Å². The normalized spacial score (nSPS) is 12.6. The van der Waals surface area contributed by atoms with Gasteiger partial charge in [-0.1, -0.05) is 13.3 Å². The topological polar surface area (TPSA) is 9.23 Å². The van der Waals surface area contributed by atoms with E-state index in [0.29, 0.717) is 6.42 Å². The summed E-state index contributed by atoms with van der Waals surface area (Å²) in [5.74, 6) is 0. The van der Waals surface area contributed by atoms with Gasteiger partial charge in [0, 0.05) is 0 Å². The maximum absolute atomic E-state index is 11.6. The SMILES string of the molecule is CCCC(C)(C)OC(F)F. The lowest BCUT2D eigenvalue weighted by molar-refractivity contribution is -0.198. The van der Waals surface area contributed by atoms with Crippen LogP contribution >= 0.6 is 0 Å². The van der Waals surface area contributed by atoms with Gasteiger partial charge in [0.25, 0.3) is 0 Å². The molecule has 0 N–H and O–H groups in total. The summed E-state index contributed by atoms with van der Waals surface area (Å²) < 4.78 is 27.6. The minimum Gasteiger partial charge on any atom is -0.317 e. The van der Waals surface area contributed by atoms with Gasteiger partial charge in [0.2, 0.25) is 0 Å². The van der Waals surface area contributed by atoms with E-state index in [0.717, 1.165) is 6.42 Å². The highest BCUT2D eigenvalue weighted by molar-refractivity contribution is 4.66. The van der Waals surface area contributed by atoms with E-state index in [1.807, 2.05) is 6.92 Å². The fourth-order valence-electron chi connectivity index (χ4n) is 0.902. The van der Waals surface area contributed by atoms with E-state index >= 15 is 0 Å². The second-order valence-electron chi connectivity index (χ2n) is 2.89. The van der Waals surface area contributed by atoms with Crippen molar-refractivity contribution in [3.8, 4) is 0 Å². The lowest BCUT2D eigenvalue weighted by atomic mass is 10.0. The number of ether oxygens (including phenoxy) is 1. The van der Waals surface area contributed by atoms with Gasteiger partial charge in [-0.2, -0.15) is 8.78 Å². The van der Waals surface area contributed by atoms with Gasteiger partial charge in [0.15, 0.2) is 0 Å². The number of alkyl halides is 2. The van der Waals surface area contributed by atoms with Crippen LogP contribution in [0.4, 0.5) is 8.78 Å². The molecule has 62 valence electrons. The summed E-state index contributed by atoms with van der Waals surface area (Å²) in [5, 5.41) is 0. The van der Waals surface area contributed by atoms with E-state index in [4.69, 9.17) is 0 Å². The first-order valence-electron chi connectivity index (χ1n) is 3.44. The Morgan fingerprint density at radius 3 is 2.20 bits per heavy atom. The fraction of sp³-hybridized carbons (Fsp3) is 1.00. The van der Waals surface area contributed by atoms with Gasteiger partial charge >= 0.3 is 6.61 Å². The molecule has 0 fully saturated rings. The van der Waals surface area contributed by atoms with E-state index in [2.05, 4.69) is 4.74 Å². The second-order valence-corrected chi connectivity index (χ2v) is 2.89. The number of hydrogen-bond acceptors (Lipinski definition) is 1. The Bertz CT molecular complexity index is 91.6. The molecule has 0 aromatic heterocycles. The zero-order chi connectivity index (χ0) is 8.20. The molecule has 0 saturated carbocycles. The second kappa shape index (κ2) is 3.86. The Hall–Kier alpha value is -0.180. The third-order valence-electron chi connectivity index (χ3n) is 1.26. The Morgan fingerprint density at radius 1 is 1.40 bits per heavy atom. The van der Waals surface area contributed by atoms with Gasteiger partial charge in [-0.25, -0.2) is 0 Å². The van der Waals surface area contributed by atoms with Crippen LogP contribution in [-0.2, 0) is 4.74 Å². The van der Waals surface area contributed by atoms with Crippen molar-refractivity contribution in [1.82, 2.24) is 0 Å². The lowest BCUT2D eigenvalue weighted by Gasteiger charge is -2.23. The van der Waals surface area contributed by atoms with E-state index in [9.17, 15) is 8.78 Å². The maximum Gasteiger partial charge on any atom is 0.345 e. The zero-order valence-corrected chi connectivity index (χ0v) is 6.66. The Balaban J connectivity index is 3.63. The van der Waals surface area contributed by atoms with Crippen molar-refractivity contribution in [1.29, 1.82) is 0 Å². The van der Waals surface area contributed by atoms with E-state index < -0.39 is 12.2 Å². The average molecular weight is 152 g/mol. The van der Waals surface area contributed by atoms with Gasteiger partial charge in [-0.05, 0) is 20.3 Å². The first-order chi connectivity index (χ1) is 4.48. The average Bonchev–Trinajstić information content (AvgIpc) is 1.59. The fourth-order valence-corrected chi connectivity index (χ4v) is 0.902. The maximum atomic E-state index is 11.6. The minimum atomic E-state index is -2.65. The lowest BCUT2D eigenvalue weighted by Crippen LogP contribution is -2.26. The summed E-state index contributed by atoms with van der Waals surface area (Å²) in [6.07, 6.45) is 1.52. The molecule has 0 unspecified atom stereocenters. The minimum absolute atomic E-state index is 0.664. The zero-order valence-electron chi connectivity index (χ0n) is 6.66. The summed E-state index contributed by atoms with van der Waals surface area (Å²) in [7, 11) is 0. The standard InChI is InChI=1S/C7H14F2O/c1-4-5-7(2,3)10-6(8)9/h6H,4-5H2,1-3H3. The first-order valence-corrected chi connectivity index (χ1v) is 3.44. The van der Waals surface area contributed by atoms with Crippen LogP contribution < -0.4 is 0 Å². The predicted molar refractivity (Wildman–Crippen MR) is 36.1 cm³/mol. The molecule has 0 atom stereocenters. The number of rotatable bonds is 4. The molecule has 0 amide bonds. The van der Waals surface area contributed by atoms with Crippen LogP contribution in [-0.4, -0.2) is 12.2 Å². The molecule has 0 bridgehead atoms. The third-order valence-corrected chi connectivity index (χ3v) is 1.26. The highest BCUT2D eigenvalue weighted by Crippen LogP contribution is 2.19. The molecular formula is C7H14F2O. The van der Waals surface area contributed by atoms with Crippen LogP contribution in [0.5, 0.6) is 0 Å². The van der Waals surface area contributed by atoms with E-state index in [1.54, 1.807) is 13.8 Å². The Labute approximate surface area is 60.4 Å². The van der Waals surface area contributed by atoms with Crippen molar-refractivity contribution in [2.45, 2.75) is 45.8 Å². The summed E-state index contributed by atoms with van der Waals surface area (Å²) >= 11 is 0. The van der Waals surface area contributed by atoms with Gasteiger partial charge in [0.1, 0.15) is 0 Å². The quantitative estimate of drug-likeness (QED) is 0.601. The van der Waals surface area contributed by atoms with Crippen molar-refractivity contribution in [3.63, 3.8) is 0 Å². The molecule has 3 heteroatoms. The molecule has 0 radical (unpaired) electrons. The van der Waals surface area contributed by atoms with Crippen molar-refractivity contribution < 1.29 is 13.5 Å². The summed E-state index contributed by atoms with van der Waals surface area (Å²) in [6, 6.07) is 0. The van der Waals surface area contributed by atoms with Gasteiger partial charge in [0.05, 0.1) is 5.60 Å². The molecule has 0 aliphatic heterocycles. The van der Waals surface area contributed by atoms with Gasteiger partial charge < -0.3 is 4.74 Å². The van der Waals surface area contributed by atoms with Crippen LogP contribution in [0, 0.1) is 0 Å². The van der Waals surface area contributed by atoms with Gasteiger partial charge in [-0.15, -0.1) is 0 Å². The highest BCUT2D eigenvalue weighted by Gasteiger charge is 2.21. The number of halogens is 2. The van der Waals surface area contributed by atoms with Crippen molar-refractivity contribution >= 4 is 0 Å². The van der Waals surface area contributed by atoms with Crippen LogP contribution in [0.2, 0.25) is 0 Å². The Morgan fingerprint density at radius 2 is 1.90 bits per heavy atom. The van der Waals surface area contributed by atoms with Crippen LogP contribution in [0.15, 0.2) is 0 Å². The summed E-state index contributed by atoms with van der Waals surface area (Å²) in [6.45, 7) is 2.63. The molecule has 0 aromatic rings. The third kappa shape index (κ3) is 4.68. The molecule has 0 saturated heterocycles. The van der Waals surface area contributed by atoms with Crippen LogP contribution in [0.3, 0.4) is 0 Å². The number of hydrogen-bond donors (Lipinski definition) is 0. The molecule has 0 aliphatic rings. The molecule has 0 aromatic carbocycles. The van der Waals surface area contributed by atoms with Crippen molar-refractivity contribution in [2.24, 2.45) is 0 Å². The molecular weight excluding hydrogens is 138 g/mol. The molecule has 10 heavy (non-hydrogen) atoms. The smallest absolute Gasteiger partial charge is 0.317 e. The predicted octanol–water partition coefficient (Wildman–Crippen LogP) is 2.80. The molecule has 0 rings (SSSR count). The molecule has 1 nitrogen and oxygen atoms in total.